The van der Waals surface area contributed by atoms with Crippen LogP contribution in [0.15, 0.2) is 12.3 Å². The van der Waals surface area contributed by atoms with E-state index in [0.29, 0.717) is 6.54 Å². The second-order valence-corrected chi connectivity index (χ2v) is 3.82. The van der Waals surface area contributed by atoms with Gasteiger partial charge in [-0.25, -0.2) is 9.78 Å². The van der Waals surface area contributed by atoms with Crippen LogP contribution < -0.4 is 5.32 Å². The third kappa shape index (κ3) is 3.46. The van der Waals surface area contributed by atoms with Gasteiger partial charge in [0.15, 0.2) is 0 Å². The van der Waals surface area contributed by atoms with Gasteiger partial charge in [-0.1, -0.05) is 0 Å². The SMILES string of the molecule is CNCCC(O)C(O)c1cnc(F)c(C(=O)O)c1. The highest BCUT2D eigenvalue weighted by Crippen LogP contribution is 2.20. The van der Waals surface area contributed by atoms with Gasteiger partial charge in [0, 0.05) is 11.8 Å². The second-order valence-electron chi connectivity index (χ2n) is 3.82. The number of halogens is 1. The van der Waals surface area contributed by atoms with Gasteiger partial charge in [-0.15, -0.1) is 0 Å². The summed E-state index contributed by atoms with van der Waals surface area (Å²) in [6.45, 7) is 0.485. The van der Waals surface area contributed by atoms with Gasteiger partial charge < -0.3 is 20.6 Å². The van der Waals surface area contributed by atoms with E-state index in [-0.39, 0.29) is 12.0 Å². The van der Waals surface area contributed by atoms with Gasteiger partial charge in [-0.3, -0.25) is 0 Å². The average molecular weight is 258 g/mol. The van der Waals surface area contributed by atoms with E-state index in [4.69, 9.17) is 5.11 Å². The summed E-state index contributed by atoms with van der Waals surface area (Å²) in [6.07, 6.45) is -1.09. The molecule has 1 aromatic heterocycles. The maximum Gasteiger partial charge on any atom is 0.340 e. The molecule has 6 nitrogen and oxygen atoms in total. The van der Waals surface area contributed by atoms with E-state index < -0.39 is 29.7 Å². The summed E-state index contributed by atoms with van der Waals surface area (Å²) in [7, 11) is 1.70. The van der Waals surface area contributed by atoms with Crippen molar-refractivity contribution in [1.82, 2.24) is 10.3 Å². The zero-order valence-electron chi connectivity index (χ0n) is 9.80. The molecule has 0 aliphatic rings. The molecule has 0 bridgehead atoms. The first-order chi connectivity index (χ1) is 8.47. The number of pyridine rings is 1. The molecule has 1 aromatic rings. The van der Waals surface area contributed by atoms with Gasteiger partial charge >= 0.3 is 5.97 Å². The van der Waals surface area contributed by atoms with Gasteiger partial charge in [0.2, 0.25) is 5.95 Å². The Morgan fingerprint density at radius 3 is 2.78 bits per heavy atom. The number of aliphatic hydroxyl groups excluding tert-OH is 2. The van der Waals surface area contributed by atoms with Crippen molar-refractivity contribution in [3.63, 3.8) is 0 Å². The first-order valence-electron chi connectivity index (χ1n) is 5.36. The van der Waals surface area contributed by atoms with Gasteiger partial charge in [0.25, 0.3) is 0 Å². The van der Waals surface area contributed by atoms with Crippen LogP contribution >= 0.6 is 0 Å². The summed E-state index contributed by atoms with van der Waals surface area (Å²) in [5, 5.41) is 30.9. The molecule has 1 heterocycles. The molecular formula is C11H15FN2O4. The van der Waals surface area contributed by atoms with Crippen molar-refractivity contribution in [3.8, 4) is 0 Å². The van der Waals surface area contributed by atoms with E-state index >= 15 is 0 Å². The van der Waals surface area contributed by atoms with Crippen LogP contribution in [0.1, 0.15) is 28.4 Å². The molecule has 0 radical (unpaired) electrons. The fraction of sp³-hybridized carbons (Fsp3) is 0.455. The predicted molar refractivity (Wildman–Crippen MR) is 60.7 cm³/mol. The largest absolute Gasteiger partial charge is 0.478 e. The Labute approximate surface area is 103 Å². The minimum atomic E-state index is -1.47. The van der Waals surface area contributed by atoms with Crippen molar-refractivity contribution in [1.29, 1.82) is 0 Å². The molecule has 1 rings (SSSR count). The van der Waals surface area contributed by atoms with Gasteiger partial charge in [-0.2, -0.15) is 4.39 Å². The molecular weight excluding hydrogens is 243 g/mol. The van der Waals surface area contributed by atoms with Crippen molar-refractivity contribution < 1.29 is 24.5 Å². The van der Waals surface area contributed by atoms with Gasteiger partial charge in [-0.05, 0) is 26.1 Å². The Hall–Kier alpha value is -1.57. The maximum absolute atomic E-state index is 13.0. The third-order valence-corrected chi connectivity index (χ3v) is 2.49. The lowest BCUT2D eigenvalue weighted by molar-refractivity contribution is 0.0137. The number of carboxylic acid groups (broad SMARTS) is 1. The molecule has 4 N–H and O–H groups in total. The van der Waals surface area contributed by atoms with Crippen molar-refractivity contribution >= 4 is 5.97 Å². The summed E-state index contributed by atoms with van der Waals surface area (Å²) < 4.78 is 13.0. The number of carboxylic acids is 1. The Kier molecular flexibility index (Phi) is 5.14. The zero-order chi connectivity index (χ0) is 13.7. The van der Waals surface area contributed by atoms with Crippen molar-refractivity contribution in [2.75, 3.05) is 13.6 Å². The lowest BCUT2D eigenvalue weighted by atomic mass is 10.0. The average Bonchev–Trinajstić information content (AvgIpc) is 2.35. The second kappa shape index (κ2) is 6.39. The molecule has 0 fully saturated rings. The first-order valence-corrected chi connectivity index (χ1v) is 5.36. The van der Waals surface area contributed by atoms with E-state index in [1.165, 1.54) is 0 Å². The Morgan fingerprint density at radius 2 is 2.22 bits per heavy atom. The van der Waals surface area contributed by atoms with E-state index in [0.717, 1.165) is 12.3 Å². The standard InChI is InChI=1S/C11H15FN2O4/c1-13-3-2-8(15)9(16)6-4-7(11(17)18)10(12)14-5-6/h4-5,8-9,13,15-16H,2-3H2,1H3,(H,17,18). The fourth-order valence-electron chi connectivity index (χ4n) is 1.45. The first kappa shape index (κ1) is 14.5. The number of aromatic nitrogens is 1. The highest BCUT2D eigenvalue weighted by atomic mass is 19.1. The Bertz CT molecular complexity index is 428. The van der Waals surface area contributed by atoms with Gasteiger partial charge in [0.1, 0.15) is 11.7 Å². The van der Waals surface area contributed by atoms with Crippen molar-refractivity contribution in [2.45, 2.75) is 18.6 Å². The minimum absolute atomic E-state index is 0.0670. The van der Waals surface area contributed by atoms with E-state index in [9.17, 15) is 19.4 Å². The molecule has 18 heavy (non-hydrogen) atoms. The number of nitrogens with one attached hydrogen (secondary N) is 1. The van der Waals surface area contributed by atoms with E-state index in [2.05, 4.69) is 10.3 Å². The summed E-state index contributed by atoms with van der Waals surface area (Å²) in [4.78, 5) is 14.0. The third-order valence-electron chi connectivity index (χ3n) is 2.49. The molecule has 0 aliphatic carbocycles. The van der Waals surface area contributed by atoms with E-state index in [1.54, 1.807) is 7.05 Å². The molecule has 100 valence electrons. The fourth-order valence-corrected chi connectivity index (χ4v) is 1.45. The summed E-state index contributed by atoms with van der Waals surface area (Å²) in [6, 6.07) is 0.970. The smallest absolute Gasteiger partial charge is 0.340 e. The predicted octanol–water partition coefficient (Wildman–Crippen LogP) is -0.0773. The molecule has 2 atom stereocenters. The van der Waals surface area contributed by atoms with Gasteiger partial charge in [0.05, 0.1) is 6.10 Å². The van der Waals surface area contributed by atoms with E-state index in [1.807, 2.05) is 0 Å². The zero-order valence-corrected chi connectivity index (χ0v) is 9.80. The Balaban J connectivity index is 2.89. The maximum atomic E-state index is 13.0. The summed E-state index contributed by atoms with van der Waals surface area (Å²) in [5.41, 5.74) is -0.565. The monoisotopic (exact) mass is 258 g/mol. The molecule has 0 amide bonds. The number of aromatic carboxylic acids is 1. The van der Waals surface area contributed by atoms with Crippen LogP contribution in [0, 0.1) is 5.95 Å². The summed E-state index contributed by atoms with van der Waals surface area (Å²) >= 11 is 0. The molecule has 7 heteroatoms. The number of hydrogen-bond acceptors (Lipinski definition) is 5. The topological polar surface area (TPSA) is 103 Å². The molecule has 0 saturated heterocycles. The lowest BCUT2D eigenvalue weighted by Gasteiger charge is -2.18. The lowest BCUT2D eigenvalue weighted by Crippen LogP contribution is -2.23. The molecule has 0 aromatic carbocycles. The number of rotatable bonds is 6. The Morgan fingerprint density at radius 1 is 1.56 bits per heavy atom. The highest BCUT2D eigenvalue weighted by Gasteiger charge is 2.21. The molecule has 0 saturated carbocycles. The van der Waals surface area contributed by atoms with Crippen LogP contribution in [0.2, 0.25) is 0 Å². The summed E-state index contributed by atoms with van der Waals surface area (Å²) in [5.74, 6) is -2.60. The van der Waals surface area contributed by atoms with Crippen molar-refractivity contribution in [3.05, 3.63) is 29.3 Å². The van der Waals surface area contributed by atoms with Crippen molar-refractivity contribution in [2.24, 2.45) is 0 Å². The van der Waals surface area contributed by atoms with Crippen LogP contribution in [-0.4, -0.2) is 46.0 Å². The minimum Gasteiger partial charge on any atom is -0.478 e. The number of carbonyl (C=O) groups is 1. The number of hydrogen-bond donors (Lipinski definition) is 4. The highest BCUT2D eigenvalue weighted by molar-refractivity contribution is 5.87. The van der Waals surface area contributed by atoms with Crippen LogP contribution in [-0.2, 0) is 0 Å². The van der Waals surface area contributed by atoms with Crippen LogP contribution in [0.3, 0.4) is 0 Å². The molecule has 0 spiro atoms. The normalized spacial score (nSPS) is 14.2. The quantitative estimate of drug-likeness (QED) is 0.532. The van der Waals surface area contributed by atoms with Crippen LogP contribution in [0.5, 0.6) is 0 Å². The number of aliphatic hydroxyl groups is 2. The number of nitrogens with zero attached hydrogens (tertiary/aromatic N) is 1. The molecule has 0 aliphatic heterocycles. The van der Waals surface area contributed by atoms with Crippen LogP contribution in [0.25, 0.3) is 0 Å². The van der Waals surface area contributed by atoms with Crippen LogP contribution in [0.4, 0.5) is 4.39 Å². The molecule has 2 unspecified atom stereocenters.